The fourth-order valence-electron chi connectivity index (χ4n) is 3.75. The molecule has 1 aliphatic heterocycles. The van der Waals surface area contributed by atoms with Crippen LogP contribution in [0.3, 0.4) is 0 Å². The first kappa shape index (κ1) is 14.6. The van der Waals surface area contributed by atoms with Crippen LogP contribution < -0.4 is 15.0 Å². The van der Waals surface area contributed by atoms with E-state index in [0.717, 1.165) is 18.8 Å². The molecule has 1 aliphatic carbocycles. The van der Waals surface area contributed by atoms with Crippen LogP contribution in [0, 0.1) is 5.82 Å². The highest BCUT2D eigenvalue weighted by Crippen LogP contribution is 2.35. The van der Waals surface area contributed by atoms with Crippen LogP contribution >= 0.6 is 0 Å². The van der Waals surface area contributed by atoms with Crippen LogP contribution in [0.15, 0.2) is 18.2 Å². The summed E-state index contributed by atoms with van der Waals surface area (Å²) in [4.78, 5) is 2.41. The van der Waals surface area contributed by atoms with Gasteiger partial charge in [-0.3, -0.25) is 0 Å². The molecule has 2 aliphatic rings. The van der Waals surface area contributed by atoms with Crippen molar-refractivity contribution in [2.45, 2.75) is 50.6 Å². The van der Waals surface area contributed by atoms with E-state index in [2.05, 4.69) is 17.1 Å². The Balaban J connectivity index is 1.85. The van der Waals surface area contributed by atoms with Gasteiger partial charge in [-0.25, -0.2) is 4.39 Å². The van der Waals surface area contributed by atoms with E-state index in [1.807, 2.05) is 12.1 Å². The van der Waals surface area contributed by atoms with Crippen molar-refractivity contribution in [2.24, 2.45) is 0 Å². The van der Waals surface area contributed by atoms with Crippen molar-refractivity contribution in [1.29, 1.82) is 0 Å². The summed E-state index contributed by atoms with van der Waals surface area (Å²) in [5.74, 6) is 0.0346. The predicted molar refractivity (Wildman–Crippen MR) is 83.6 cm³/mol. The molecule has 1 heterocycles. The Bertz CT molecular complexity index is 500. The number of anilines is 1. The Hall–Kier alpha value is -1.29. The molecular weight excluding hydrogens is 267 g/mol. The lowest BCUT2D eigenvalue weighted by atomic mass is 9.79. The van der Waals surface area contributed by atoms with E-state index >= 15 is 0 Å². The van der Waals surface area contributed by atoms with Crippen LogP contribution in [0.5, 0.6) is 5.75 Å². The summed E-state index contributed by atoms with van der Waals surface area (Å²) in [6.07, 6.45) is 6.45. The molecule has 21 heavy (non-hydrogen) atoms. The third-order valence-corrected chi connectivity index (χ3v) is 5.05. The van der Waals surface area contributed by atoms with Gasteiger partial charge in [-0.15, -0.1) is 0 Å². The van der Waals surface area contributed by atoms with E-state index in [9.17, 15) is 4.39 Å². The van der Waals surface area contributed by atoms with Crippen molar-refractivity contribution in [2.75, 3.05) is 25.1 Å². The molecule has 1 spiro atoms. The molecule has 1 aromatic carbocycles. The van der Waals surface area contributed by atoms with Crippen molar-refractivity contribution in [3.05, 3.63) is 24.0 Å². The van der Waals surface area contributed by atoms with Gasteiger partial charge in [-0.1, -0.05) is 19.3 Å². The monoisotopic (exact) mass is 292 g/mol. The van der Waals surface area contributed by atoms with Gasteiger partial charge in [0.15, 0.2) is 11.6 Å². The Morgan fingerprint density at radius 3 is 2.76 bits per heavy atom. The standard InChI is InChI=1S/C17H25FN2O/c1-13-11-19-17(8-4-3-5-9-17)12-20(13)14-6-7-15(18)16(10-14)21-2/h6-7,10,13,19H,3-5,8-9,11-12H2,1-2H3. The van der Waals surface area contributed by atoms with Crippen LogP contribution in [-0.4, -0.2) is 31.8 Å². The minimum absolute atomic E-state index is 0.242. The molecule has 3 rings (SSSR count). The highest BCUT2D eigenvalue weighted by Gasteiger charge is 2.38. The Morgan fingerprint density at radius 1 is 1.29 bits per heavy atom. The first-order chi connectivity index (χ1) is 10.1. The Labute approximate surface area is 126 Å². The van der Waals surface area contributed by atoms with Crippen LogP contribution in [0.2, 0.25) is 0 Å². The summed E-state index contributed by atoms with van der Waals surface area (Å²) in [5, 5.41) is 3.78. The molecule has 1 saturated heterocycles. The van der Waals surface area contributed by atoms with Crippen molar-refractivity contribution < 1.29 is 9.13 Å². The third-order valence-electron chi connectivity index (χ3n) is 5.05. The number of hydrogen-bond acceptors (Lipinski definition) is 3. The number of methoxy groups -OCH3 is 1. The third kappa shape index (κ3) is 2.86. The normalized spacial score (nSPS) is 25.1. The van der Waals surface area contributed by atoms with Crippen LogP contribution in [0.25, 0.3) is 0 Å². The number of rotatable bonds is 2. The SMILES string of the molecule is COc1cc(N2CC3(CCCCC3)NCC2C)ccc1F. The van der Waals surface area contributed by atoms with Crippen molar-refractivity contribution in [3.63, 3.8) is 0 Å². The van der Waals surface area contributed by atoms with E-state index in [4.69, 9.17) is 4.74 Å². The number of halogens is 1. The minimum Gasteiger partial charge on any atom is -0.494 e. The quantitative estimate of drug-likeness (QED) is 0.905. The van der Waals surface area contributed by atoms with Gasteiger partial charge in [0.1, 0.15) is 0 Å². The average molecular weight is 292 g/mol. The summed E-state index contributed by atoms with van der Waals surface area (Å²) in [6.45, 7) is 4.21. The van der Waals surface area contributed by atoms with Gasteiger partial charge in [0.25, 0.3) is 0 Å². The van der Waals surface area contributed by atoms with Gasteiger partial charge in [-0.05, 0) is 31.9 Å². The van der Waals surface area contributed by atoms with Gasteiger partial charge in [0.2, 0.25) is 0 Å². The largest absolute Gasteiger partial charge is 0.494 e. The van der Waals surface area contributed by atoms with Gasteiger partial charge in [-0.2, -0.15) is 0 Å². The number of nitrogens with zero attached hydrogens (tertiary/aromatic N) is 1. The molecule has 1 saturated carbocycles. The zero-order valence-corrected chi connectivity index (χ0v) is 13.0. The van der Waals surface area contributed by atoms with E-state index in [-0.39, 0.29) is 11.4 Å². The number of nitrogens with one attached hydrogen (secondary N) is 1. The number of piperazine rings is 1. The summed E-state index contributed by atoms with van der Waals surface area (Å²) in [5.41, 5.74) is 1.30. The van der Waals surface area contributed by atoms with Gasteiger partial charge in [0.05, 0.1) is 7.11 Å². The van der Waals surface area contributed by atoms with E-state index in [0.29, 0.717) is 11.8 Å². The molecule has 0 amide bonds. The Kier molecular flexibility index (Phi) is 4.07. The molecule has 1 aromatic rings. The van der Waals surface area contributed by atoms with Gasteiger partial charge < -0.3 is 15.0 Å². The lowest BCUT2D eigenvalue weighted by molar-refractivity contribution is 0.200. The first-order valence-corrected chi connectivity index (χ1v) is 7.99. The smallest absolute Gasteiger partial charge is 0.165 e. The van der Waals surface area contributed by atoms with E-state index < -0.39 is 0 Å². The summed E-state index contributed by atoms with van der Waals surface area (Å²) >= 11 is 0. The molecule has 0 aromatic heterocycles. The number of ether oxygens (including phenoxy) is 1. The highest BCUT2D eigenvalue weighted by molar-refractivity contribution is 5.53. The van der Waals surface area contributed by atoms with Crippen molar-refractivity contribution in [1.82, 2.24) is 5.32 Å². The minimum atomic E-state index is -0.295. The molecular formula is C17H25FN2O. The molecule has 1 atom stereocenters. The fourth-order valence-corrected chi connectivity index (χ4v) is 3.75. The van der Waals surface area contributed by atoms with Crippen molar-refractivity contribution >= 4 is 5.69 Å². The van der Waals surface area contributed by atoms with Crippen molar-refractivity contribution in [3.8, 4) is 5.75 Å². The summed E-state index contributed by atoms with van der Waals surface area (Å²) in [6, 6.07) is 5.62. The lowest BCUT2D eigenvalue weighted by Crippen LogP contribution is -2.64. The molecule has 3 nitrogen and oxygen atoms in total. The van der Waals surface area contributed by atoms with Gasteiger partial charge >= 0.3 is 0 Å². The highest BCUT2D eigenvalue weighted by atomic mass is 19.1. The van der Waals surface area contributed by atoms with Gasteiger partial charge in [0, 0.05) is 36.4 Å². The molecule has 2 fully saturated rings. The molecule has 4 heteroatoms. The zero-order chi connectivity index (χ0) is 14.9. The molecule has 0 radical (unpaired) electrons. The summed E-state index contributed by atoms with van der Waals surface area (Å²) < 4.78 is 18.8. The topological polar surface area (TPSA) is 24.5 Å². The van der Waals surface area contributed by atoms with Crippen LogP contribution in [0.1, 0.15) is 39.0 Å². The van der Waals surface area contributed by atoms with E-state index in [1.165, 1.54) is 45.3 Å². The molecule has 0 bridgehead atoms. The second-order valence-electron chi connectivity index (χ2n) is 6.52. The maximum absolute atomic E-state index is 13.6. The van der Waals surface area contributed by atoms with E-state index in [1.54, 1.807) is 0 Å². The second-order valence-corrected chi connectivity index (χ2v) is 6.52. The fraction of sp³-hybridized carbons (Fsp3) is 0.647. The predicted octanol–water partition coefficient (Wildman–Crippen LogP) is 3.34. The maximum Gasteiger partial charge on any atom is 0.165 e. The number of benzene rings is 1. The molecule has 1 N–H and O–H groups in total. The zero-order valence-electron chi connectivity index (χ0n) is 13.0. The second kappa shape index (κ2) is 5.84. The average Bonchev–Trinajstić information content (AvgIpc) is 2.51. The Morgan fingerprint density at radius 2 is 2.05 bits per heavy atom. The first-order valence-electron chi connectivity index (χ1n) is 7.99. The maximum atomic E-state index is 13.6. The molecule has 116 valence electrons. The molecule has 1 unspecified atom stereocenters. The number of hydrogen-bond donors (Lipinski definition) is 1. The van der Waals surface area contributed by atoms with Crippen LogP contribution in [0.4, 0.5) is 10.1 Å². The lowest BCUT2D eigenvalue weighted by Gasteiger charge is -2.50. The summed E-state index contributed by atoms with van der Waals surface area (Å²) in [7, 11) is 1.52. The van der Waals surface area contributed by atoms with Crippen LogP contribution in [-0.2, 0) is 0 Å².